The average molecular weight is 356 g/mol. The van der Waals surface area contributed by atoms with Gasteiger partial charge in [0, 0.05) is 42.7 Å². The van der Waals surface area contributed by atoms with Gasteiger partial charge in [0.2, 0.25) is 0 Å². The molecule has 0 spiro atoms. The topological polar surface area (TPSA) is 52.7 Å². The second-order valence-electron chi connectivity index (χ2n) is 5.81. The third-order valence-electron chi connectivity index (χ3n) is 4.12. The van der Waals surface area contributed by atoms with E-state index in [0.717, 1.165) is 43.6 Å². The molecule has 1 aromatic carbocycles. The molecule has 2 rings (SSSR count). The van der Waals surface area contributed by atoms with Crippen LogP contribution in [0.25, 0.3) is 0 Å². The van der Waals surface area contributed by atoms with Gasteiger partial charge in [-0.3, -0.25) is 9.80 Å². The summed E-state index contributed by atoms with van der Waals surface area (Å²) in [6.45, 7) is 7.20. The van der Waals surface area contributed by atoms with Crippen molar-refractivity contribution >= 4 is 15.9 Å². The van der Waals surface area contributed by atoms with Crippen LogP contribution in [-0.4, -0.2) is 60.3 Å². The first kappa shape index (κ1) is 16.9. The third-order valence-corrected chi connectivity index (χ3v) is 4.61. The van der Waals surface area contributed by atoms with E-state index in [1.54, 1.807) is 0 Å². The number of aliphatic hydroxyl groups excluding tert-OH is 1. The van der Waals surface area contributed by atoms with E-state index in [1.807, 2.05) is 6.07 Å². The first-order valence-electron chi connectivity index (χ1n) is 7.70. The zero-order valence-corrected chi connectivity index (χ0v) is 14.3. The first-order chi connectivity index (χ1) is 10.1. The lowest BCUT2D eigenvalue weighted by atomic mass is 9.99. The van der Waals surface area contributed by atoms with E-state index in [9.17, 15) is 0 Å². The van der Waals surface area contributed by atoms with Gasteiger partial charge in [0.1, 0.15) is 0 Å². The van der Waals surface area contributed by atoms with Gasteiger partial charge in [0.05, 0.1) is 6.61 Å². The molecule has 4 nitrogen and oxygen atoms in total. The predicted octanol–water partition coefficient (Wildman–Crippen LogP) is 1.84. The molecule has 5 heteroatoms. The van der Waals surface area contributed by atoms with Crippen molar-refractivity contribution in [2.45, 2.75) is 25.4 Å². The molecule has 0 aromatic heterocycles. The second kappa shape index (κ2) is 8.25. The summed E-state index contributed by atoms with van der Waals surface area (Å²) in [5.74, 6) is 0. The number of hydrogen-bond acceptors (Lipinski definition) is 4. The van der Waals surface area contributed by atoms with Crippen molar-refractivity contribution in [1.82, 2.24) is 9.80 Å². The van der Waals surface area contributed by atoms with Crippen LogP contribution >= 0.6 is 15.9 Å². The predicted molar refractivity (Wildman–Crippen MR) is 90.2 cm³/mol. The Morgan fingerprint density at radius 3 is 2.76 bits per heavy atom. The molecular formula is C16H26BrN3O. The minimum Gasteiger partial charge on any atom is -0.395 e. The Balaban J connectivity index is 2.11. The maximum Gasteiger partial charge on any atom is 0.0558 e. The van der Waals surface area contributed by atoms with Crippen molar-refractivity contribution in [3.8, 4) is 0 Å². The highest BCUT2D eigenvalue weighted by atomic mass is 79.9. The minimum absolute atomic E-state index is 0.0868. The number of rotatable bonds is 5. The van der Waals surface area contributed by atoms with Gasteiger partial charge in [-0.25, -0.2) is 0 Å². The number of aliphatic hydroxyl groups is 1. The molecule has 21 heavy (non-hydrogen) atoms. The molecular weight excluding hydrogens is 330 g/mol. The van der Waals surface area contributed by atoms with E-state index in [1.165, 1.54) is 5.56 Å². The lowest BCUT2D eigenvalue weighted by Gasteiger charge is -2.34. The Labute approximate surface area is 136 Å². The van der Waals surface area contributed by atoms with Crippen molar-refractivity contribution in [1.29, 1.82) is 0 Å². The van der Waals surface area contributed by atoms with Crippen LogP contribution in [0.4, 0.5) is 0 Å². The van der Waals surface area contributed by atoms with Crippen molar-refractivity contribution < 1.29 is 5.11 Å². The summed E-state index contributed by atoms with van der Waals surface area (Å²) in [6, 6.07) is 8.79. The molecule has 118 valence electrons. The maximum atomic E-state index is 9.10. The summed E-state index contributed by atoms with van der Waals surface area (Å²) in [5, 5.41) is 9.10. The fourth-order valence-corrected chi connectivity index (χ4v) is 3.59. The lowest BCUT2D eigenvalue weighted by Crippen LogP contribution is -2.41. The zero-order valence-electron chi connectivity index (χ0n) is 12.7. The zero-order chi connectivity index (χ0) is 15.2. The normalized spacial score (nSPS) is 21.0. The van der Waals surface area contributed by atoms with Crippen LogP contribution in [0.5, 0.6) is 0 Å². The van der Waals surface area contributed by atoms with Crippen LogP contribution in [0.3, 0.4) is 0 Å². The van der Waals surface area contributed by atoms with E-state index < -0.39 is 0 Å². The highest BCUT2D eigenvalue weighted by molar-refractivity contribution is 9.10. The summed E-state index contributed by atoms with van der Waals surface area (Å²) < 4.78 is 1.10. The molecule has 1 heterocycles. The van der Waals surface area contributed by atoms with E-state index >= 15 is 0 Å². The summed E-state index contributed by atoms with van der Waals surface area (Å²) in [6.07, 6.45) is 1.12. The average Bonchev–Trinajstić information content (AvgIpc) is 2.65. The van der Waals surface area contributed by atoms with Crippen LogP contribution in [0.2, 0.25) is 0 Å². The van der Waals surface area contributed by atoms with Gasteiger partial charge < -0.3 is 10.8 Å². The van der Waals surface area contributed by atoms with Gasteiger partial charge in [-0.15, -0.1) is 0 Å². The van der Waals surface area contributed by atoms with Gasteiger partial charge in [0.25, 0.3) is 0 Å². The second-order valence-corrected chi connectivity index (χ2v) is 6.73. The van der Waals surface area contributed by atoms with Crippen molar-refractivity contribution in [2.75, 3.05) is 39.3 Å². The van der Waals surface area contributed by atoms with Crippen LogP contribution in [0, 0.1) is 0 Å². The van der Waals surface area contributed by atoms with Crippen molar-refractivity contribution in [2.24, 2.45) is 5.73 Å². The summed E-state index contributed by atoms with van der Waals surface area (Å²) >= 11 is 3.55. The number of nitrogens with zero attached hydrogens (tertiary/aromatic N) is 2. The van der Waals surface area contributed by atoms with Crippen molar-refractivity contribution in [3.63, 3.8) is 0 Å². The van der Waals surface area contributed by atoms with Gasteiger partial charge in [-0.2, -0.15) is 0 Å². The molecule has 1 saturated heterocycles. The number of hydrogen-bond donors (Lipinski definition) is 2. The molecule has 3 N–H and O–H groups in total. The van der Waals surface area contributed by atoms with Gasteiger partial charge >= 0.3 is 0 Å². The maximum absolute atomic E-state index is 9.10. The molecule has 0 radical (unpaired) electrons. The van der Waals surface area contributed by atoms with E-state index in [0.29, 0.717) is 0 Å². The summed E-state index contributed by atoms with van der Waals surface area (Å²) in [7, 11) is 0. The Hall–Kier alpha value is -0.460. The van der Waals surface area contributed by atoms with E-state index in [-0.39, 0.29) is 18.7 Å². The third kappa shape index (κ3) is 4.76. The smallest absolute Gasteiger partial charge is 0.0558 e. The molecule has 1 aliphatic heterocycles. The summed E-state index contributed by atoms with van der Waals surface area (Å²) in [4.78, 5) is 4.82. The van der Waals surface area contributed by atoms with Crippen LogP contribution in [0.15, 0.2) is 28.7 Å². The first-order valence-corrected chi connectivity index (χ1v) is 8.49. The number of benzene rings is 1. The number of nitrogens with two attached hydrogens (primary N) is 1. The molecule has 0 bridgehead atoms. The molecule has 0 amide bonds. The minimum atomic E-state index is 0.0868. The van der Waals surface area contributed by atoms with Gasteiger partial charge in [-0.1, -0.05) is 28.1 Å². The van der Waals surface area contributed by atoms with Crippen LogP contribution < -0.4 is 5.73 Å². The van der Waals surface area contributed by atoms with Crippen LogP contribution in [0.1, 0.15) is 24.9 Å². The largest absolute Gasteiger partial charge is 0.395 e. The molecule has 2 unspecified atom stereocenters. The Morgan fingerprint density at radius 2 is 2.10 bits per heavy atom. The Kier molecular flexibility index (Phi) is 6.64. The molecule has 2 atom stereocenters. The molecule has 0 aliphatic carbocycles. The molecule has 1 aliphatic rings. The molecule has 0 saturated carbocycles. The van der Waals surface area contributed by atoms with Crippen molar-refractivity contribution in [3.05, 3.63) is 34.3 Å². The monoisotopic (exact) mass is 355 g/mol. The van der Waals surface area contributed by atoms with E-state index in [2.05, 4.69) is 50.9 Å². The summed E-state index contributed by atoms with van der Waals surface area (Å²) in [5.41, 5.74) is 7.56. The van der Waals surface area contributed by atoms with E-state index in [4.69, 9.17) is 10.8 Å². The molecule has 1 aromatic rings. The number of halogens is 1. The fourth-order valence-electron chi connectivity index (χ4n) is 3.17. The molecule has 1 fully saturated rings. The Bertz CT molecular complexity index is 441. The quantitative estimate of drug-likeness (QED) is 0.845. The SMILES string of the molecule is CC(N)C(c1cccc(Br)c1)N1CCCN(CCO)CC1. The van der Waals surface area contributed by atoms with Crippen LogP contribution in [-0.2, 0) is 0 Å². The lowest BCUT2D eigenvalue weighted by molar-refractivity contribution is 0.169. The fraction of sp³-hybridized carbons (Fsp3) is 0.625. The number of β-amino-alcohol motifs (C(OH)–C–C–N with tert-alkyl or cyclic N) is 1. The van der Waals surface area contributed by atoms with Gasteiger partial charge in [-0.05, 0) is 37.6 Å². The highest BCUT2D eigenvalue weighted by Gasteiger charge is 2.26. The standard InChI is InChI=1S/C16H26BrN3O/c1-13(18)16(14-4-2-5-15(17)12-14)20-7-3-6-19(8-9-20)10-11-21/h2,4-5,12-13,16,21H,3,6-11,18H2,1H3. The van der Waals surface area contributed by atoms with Gasteiger partial charge in [0.15, 0.2) is 0 Å². The Morgan fingerprint density at radius 1 is 1.29 bits per heavy atom. The highest BCUT2D eigenvalue weighted by Crippen LogP contribution is 2.27.